The number of carbonyl (C=O) groups is 2. The molecule has 3 atom stereocenters. The molecule has 1 aromatic carbocycles. The van der Waals surface area contributed by atoms with Crippen LogP contribution in [0.1, 0.15) is 50.4 Å². The molecule has 1 fully saturated rings. The van der Waals surface area contributed by atoms with Gasteiger partial charge in [0.25, 0.3) is 0 Å². The lowest BCUT2D eigenvalue weighted by Crippen LogP contribution is -2.36. The molecule has 24 heavy (non-hydrogen) atoms. The first-order valence-electron chi connectivity index (χ1n) is 8.49. The Kier molecular flexibility index (Phi) is 7.07. The molecule has 0 bridgehead atoms. The van der Waals surface area contributed by atoms with Crippen LogP contribution in [-0.4, -0.2) is 24.6 Å². The van der Waals surface area contributed by atoms with Crippen LogP contribution >= 0.6 is 22.6 Å². The minimum atomic E-state index is -0.491. The first-order chi connectivity index (χ1) is 11.4. The average molecular weight is 444 g/mol. The highest BCUT2D eigenvalue weighted by molar-refractivity contribution is 14.1. The van der Waals surface area contributed by atoms with Gasteiger partial charge in [0.2, 0.25) is 0 Å². The second-order valence-electron chi connectivity index (χ2n) is 6.91. The lowest BCUT2D eigenvalue weighted by Gasteiger charge is -2.36. The molecule has 0 heterocycles. The maximum absolute atomic E-state index is 12.1. The van der Waals surface area contributed by atoms with Gasteiger partial charge in [0.05, 0.1) is 5.56 Å². The van der Waals surface area contributed by atoms with Gasteiger partial charge >= 0.3 is 11.9 Å². The topological polar surface area (TPSA) is 52.6 Å². The number of esters is 2. The predicted molar refractivity (Wildman–Crippen MR) is 101 cm³/mol. The number of halogens is 1. The van der Waals surface area contributed by atoms with E-state index in [1.54, 1.807) is 12.1 Å². The lowest BCUT2D eigenvalue weighted by molar-refractivity contribution is -0.159. The van der Waals surface area contributed by atoms with Crippen LogP contribution in [0.25, 0.3) is 0 Å². The van der Waals surface area contributed by atoms with E-state index >= 15 is 0 Å². The molecule has 4 nitrogen and oxygen atoms in total. The summed E-state index contributed by atoms with van der Waals surface area (Å²) in [5.41, 5.74) is 0.470. The van der Waals surface area contributed by atoms with Crippen LogP contribution in [0.4, 0.5) is 0 Å². The first-order valence-corrected chi connectivity index (χ1v) is 9.57. The van der Waals surface area contributed by atoms with Gasteiger partial charge in [-0.1, -0.05) is 39.3 Å². The van der Waals surface area contributed by atoms with Crippen LogP contribution in [0.15, 0.2) is 24.3 Å². The smallest absolute Gasteiger partial charge is 0.344 e. The minimum absolute atomic E-state index is 0.0724. The van der Waals surface area contributed by atoms with E-state index in [2.05, 4.69) is 43.4 Å². The molecule has 0 aliphatic heterocycles. The highest BCUT2D eigenvalue weighted by atomic mass is 127. The van der Waals surface area contributed by atoms with E-state index in [1.165, 1.54) is 6.42 Å². The van der Waals surface area contributed by atoms with Crippen molar-refractivity contribution in [2.24, 2.45) is 17.8 Å². The third kappa shape index (κ3) is 5.19. The van der Waals surface area contributed by atoms with Crippen LogP contribution in [0.3, 0.4) is 0 Å². The Bertz CT molecular complexity index is 584. The van der Waals surface area contributed by atoms with Crippen molar-refractivity contribution in [1.82, 2.24) is 0 Å². The molecule has 0 aromatic heterocycles. The maximum atomic E-state index is 12.1. The van der Waals surface area contributed by atoms with Crippen molar-refractivity contribution in [2.75, 3.05) is 6.61 Å². The van der Waals surface area contributed by atoms with Gasteiger partial charge in [-0.05, 0) is 65.3 Å². The Labute approximate surface area is 157 Å². The molecular formula is C19H25IO4. The van der Waals surface area contributed by atoms with Gasteiger partial charge in [-0.2, -0.15) is 0 Å². The fraction of sp³-hybridized carbons (Fsp3) is 0.579. The normalized spacial score (nSPS) is 23.8. The molecule has 1 saturated carbocycles. The van der Waals surface area contributed by atoms with Gasteiger partial charge in [-0.3, -0.25) is 0 Å². The van der Waals surface area contributed by atoms with Crippen LogP contribution in [-0.2, 0) is 14.3 Å². The summed E-state index contributed by atoms with van der Waals surface area (Å²) >= 11 is 2.07. The molecule has 0 unspecified atom stereocenters. The van der Waals surface area contributed by atoms with Gasteiger partial charge in [0.1, 0.15) is 6.10 Å². The van der Waals surface area contributed by atoms with E-state index in [0.717, 1.165) is 16.4 Å². The van der Waals surface area contributed by atoms with Crippen LogP contribution in [0.5, 0.6) is 0 Å². The highest BCUT2D eigenvalue weighted by Crippen LogP contribution is 2.35. The molecule has 0 amide bonds. The van der Waals surface area contributed by atoms with Crippen molar-refractivity contribution in [3.8, 4) is 0 Å². The SMILES string of the molecule is CC(C)[C@H]1CC[C@@H](C)C[C@@H]1OC(=O)COC(=O)c1ccccc1I. The van der Waals surface area contributed by atoms with Crippen molar-refractivity contribution in [3.63, 3.8) is 0 Å². The molecule has 2 rings (SSSR count). The molecule has 1 aliphatic carbocycles. The number of benzene rings is 1. The van der Waals surface area contributed by atoms with Crippen molar-refractivity contribution in [3.05, 3.63) is 33.4 Å². The summed E-state index contributed by atoms with van der Waals surface area (Å²) in [6.07, 6.45) is 3.08. The van der Waals surface area contributed by atoms with Crippen molar-refractivity contribution in [1.29, 1.82) is 0 Å². The quantitative estimate of drug-likeness (QED) is 0.498. The summed E-state index contributed by atoms with van der Waals surface area (Å²) in [4.78, 5) is 24.2. The molecule has 0 radical (unpaired) electrons. The maximum Gasteiger partial charge on any atom is 0.344 e. The molecule has 1 aliphatic rings. The van der Waals surface area contributed by atoms with E-state index < -0.39 is 11.9 Å². The van der Waals surface area contributed by atoms with Gasteiger partial charge in [0.15, 0.2) is 6.61 Å². The molecule has 0 spiro atoms. The van der Waals surface area contributed by atoms with Crippen LogP contribution in [0, 0.1) is 21.3 Å². The monoisotopic (exact) mass is 444 g/mol. The summed E-state index contributed by atoms with van der Waals surface area (Å²) in [5, 5.41) is 0. The Morgan fingerprint density at radius 2 is 1.96 bits per heavy atom. The Morgan fingerprint density at radius 3 is 2.62 bits per heavy atom. The van der Waals surface area contributed by atoms with E-state index in [4.69, 9.17) is 9.47 Å². The van der Waals surface area contributed by atoms with Crippen molar-refractivity contribution < 1.29 is 19.1 Å². The number of carbonyl (C=O) groups excluding carboxylic acids is 2. The lowest BCUT2D eigenvalue weighted by atomic mass is 9.75. The largest absolute Gasteiger partial charge is 0.460 e. The van der Waals surface area contributed by atoms with Gasteiger partial charge in [-0.15, -0.1) is 0 Å². The third-order valence-corrected chi connectivity index (χ3v) is 5.60. The summed E-state index contributed by atoms with van der Waals surface area (Å²) in [5.74, 6) is 0.472. The second kappa shape index (κ2) is 8.83. The number of hydrogen-bond donors (Lipinski definition) is 0. The molecule has 0 saturated heterocycles. The average Bonchev–Trinajstić information content (AvgIpc) is 2.53. The van der Waals surface area contributed by atoms with Gasteiger partial charge < -0.3 is 9.47 Å². The Morgan fingerprint density at radius 1 is 1.25 bits per heavy atom. The predicted octanol–water partition coefficient (Wildman–Crippen LogP) is 4.45. The fourth-order valence-electron chi connectivity index (χ4n) is 3.28. The second-order valence-corrected chi connectivity index (χ2v) is 8.07. The standard InChI is InChI=1S/C19H25IO4/c1-12(2)14-9-8-13(3)10-17(14)24-18(21)11-23-19(22)15-6-4-5-7-16(15)20/h4-7,12-14,17H,8-11H2,1-3H3/t13-,14-,17+/m1/s1. The van der Waals surface area contributed by atoms with Crippen molar-refractivity contribution in [2.45, 2.75) is 46.1 Å². The number of rotatable bonds is 5. The number of hydrogen-bond acceptors (Lipinski definition) is 4. The number of ether oxygens (including phenoxy) is 2. The molecule has 5 heteroatoms. The minimum Gasteiger partial charge on any atom is -0.460 e. The van der Waals surface area contributed by atoms with Crippen molar-refractivity contribution >= 4 is 34.5 Å². The molecule has 1 aromatic rings. The van der Waals surface area contributed by atoms with Crippen LogP contribution < -0.4 is 0 Å². The van der Waals surface area contributed by atoms with Crippen LogP contribution in [0.2, 0.25) is 0 Å². The van der Waals surface area contributed by atoms with E-state index in [9.17, 15) is 9.59 Å². The zero-order valence-corrected chi connectivity index (χ0v) is 16.6. The summed E-state index contributed by atoms with van der Waals surface area (Å²) in [6.45, 7) is 6.19. The Hall–Kier alpha value is -1.11. The van der Waals surface area contributed by atoms with E-state index in [-0.39, 0.29) is 12.7 Å². The fourth-order valence-corrected chi connectivity index (χ4v) is 3.89. The first kappa shape index (κ1) is 19.2. The summed E-state index contributed by atoms with van der Waals surface area (Å²) in [6, 6.07) is 7.13. The Balaban J connectivity index is 1.88. The van der Waals surface area contributed by atoms with E-state index in [1.807, 2.05) is 12.1 Å². The molecule has 0 N–H and O–H groups in total. The molecule has 132 valence electrons. The molecular weight excluding hydrogens is 419 g/mol. The zero-order chi connectivity index (χ0) is 17.7. The summed E-state index contributed by atoms with van der Waals surface area (Å²) < 4.78 is 11.6. The highest BCUT2D eigenvalue weighted by Gasteiger charge is 2.33. The van der Waals surface area contributed by atoms with E-state index in [0.29, 0.717) is 23.3 Å². The van der Waals surface area contributed by atoms with Gasteiger partial charge in [0, 0.05) is 3.57 Å². The summed E-state index contributed by atoms with van der Waals surface area (Å²) in [7, 11) is 0. The zero-order valence-electron chi connectivity index (χ0n) is 14.5. The third-order valence-electron chi connectivity index (χ3n) is 4.66. The van der Waals surface area contributed by atoms with Gasteiger partial charge in [-0.25, -0.2) is 9.59 Å².